The van der Waals surface area contributed by atoms with Crippen LogP contribution in [0.25, 0.3) is 0 Å². The van der Waals surface area contributed by atoms with Crippen molar-refractivity contribution >= 4 is 29.2 Å². The van der Waals surface area contributed by atoms with Gasteiger partial charge in [0.1, 0.15) is 6.10 Å². The molecule has 0 radical (unpaired) electrons. The number of rotatable bonds is 3. The van der Waals surface area contributed by atoms with Crippen LogP contribution in [0.3, 0.4) is 0 Å². The van der Waals surface area contributed by atoms with Crippen molar-refractivity contribution < 1.29 is 19.4 Å². The minimum Gasteiger partial charge on any atom is -0.479 e. The molecule has 0 bridgehead atoms. The fourth-order valence-corrected chi connectivity index (χ4v) is 2.14. The predicted octanol–water partition coefficient (Wildman–Crippen LogP) is 1.61. The number of carbonyl (C=O) groups is 2. The van der Waals surface area contributed by atoms with Gasteiger partial charge in [0.15, 0.2) is 11.3 Å². The number of hydrogen-bond donors (Lipinski definition) is 2. The van der Waals surface area contributed by atoms with Gasteiger partial charge in [0, 0.05) is 6.20 Å². The van der Waals surface area contributed by atoms with E-state index in [1.54, 1.807) is 19.2 Å². The number of carboxylic acid groups (broad SMARTS) is 1. The fourth-order valence-electron chi connectivity index (χ4n) is 1.89. The topological polar surface area (TPSA) is 88.5 Å². The zero-order valence-electron chi connectivity index (χ0n) is 10.2. The Labute approximate surface area is 114 Å². The van der Waals surface area contributed by atoms with E-state index in [1.807, 2.05) is 0 Å². The molecule has 0 saturated carbocycles. The molecule has 102 valence electrons. The SMILES string of the molecule is Cc1ccnc(Cl)c1NC(=O)C1CCC(C(=O)O)O1. The third-order valence-electron chi connectivity index (χ3n) is 2.95. The molecular formula is C12H13ClN2O4. The van der Waals surface area contributed by atoms with Crippen molar-refractivity contribution in [2.24, 2.45) is 0 Å². The summed E-state index contributed by atoms with van der Waals surface area (Å²) in [6, 6.07) is 1.72. The zero-order chi connectivity index (χ0) is 14.0. The van der Waals surface area contributed by atoms with Crippen molar-refractivity contribution in [3.05, 3.63) is 23.0 Å². The summed E-state index contributed by atoms with van der Waals surface area (Å²) in [6.07, 6.45) is 0.560. The van der Waals surface area contributed by atoms with Gasteiger partial charge < -0.3 is 15.2 Å². The number of aryl methyl sites for hydroxylation is 1. The van der Waals surface area contributed by atoms with E-state index in [0.717, 1.165) is 5.56 Å². The molecule has 2 heterocycles. The maximum atomic E-state index is 12.0. The number of nitrogens with one attached hydrogen (secondary N) is 1. The summed E-state index contributed by atoms with van der Waals surface area (Å²) >= 11 is 5.90. The Morgan fingerprint density at radius 1 is 1.47 bits per heavy atom. The summed E-state index contributed by atoms with van der Waals surface area (Å²) in [5.74, 6) is -1.45. The first-order chi connectivity index (χ1) is 8.99. The maximum Gasteiger partial charge on any atom is 0.332 e. The molecule has 1 saturated heterocycles. The van der Waals surface area contributed by atoms with Crippen LogP contribution in [0.5, 0.6) is 0 Å². The Balaban J connectivity index is 2.04. The second-order valence-electron chi connectivity index (χ2n) is 4.31. The van der Waals surface area contributed by atoms with Gasteiger partial charge >= 0.3 is 5.97 Å². The summed E-state index contributed by atoms with van der Waals surface area (Å²) < 4.78 is 5.16. The Hall–Kier alpha value is -1.66. The number of aliphatic carboxylic acids is 1. The van der Waals surface area contributed by atoms with Gasteiger partial charge in [-0.1, -0.05) is 11.6 Å². The number of hydrogen-bond acceptors (Lipinski definition) is 4. The Kier molecular flexibility index (Phi) is 4.01. The van der Waals surface area contributed by atoms with Crippen LogP contribution in [0.1, 0.15) is 18.4 Å². The number of amides is 1. The number of ether oxygens (including phenoxy) is 1. The van der Waals surface area contributed by atoms with Crippen LogP contribution < -0.4 is 5.32 Å². The highest BCUT2D eigenvalue weighted by molar-refractivity contribution is 6.32. The minimum atomic E-state index is -1.05. The zero-order valence-corrected chi connectivity index (χ0v) is 11.0. The van der Waals surface area contributed by atoms with E-state index >= 15 is 0 Å². The molecule has 2 atom stereocenters. The van der Waals surface area contributed by atoms with Crippen LogP contribution in [-0.4, -0.2) is 34.2 Å². The molecule has 2 N–H and O–H groups in total. The fraction of sp³-hybridized carbons (Fsp3) is 0.417. The van der Waals surface area contributed by atoms with Gasteiger partial charge in [-0.15, -0.1) is 0 Å². The van der Waals surface area contributed by atoms with E-state index < -0.39 is 24.1 Å². The maximum absolute atomic E-state index is 12.0. The molecular weight excluding hydrogens is 272 g/mol. The number of aromatic nitrogens is 1. The summed E-state index contributed by atoms with van der Waals surface area (Å²) in [5.41, 5.74) is 1.21. The van der Waals surface area contributed by atoms with Crippen molar-refractivity contribution in [2.45, 2.75) is 32.0 Å². The molecule has 0 aliphatic carbocycles. The van der Waals surface area contributed by atoms with Gasteiger partial charge in [-0.2, -0.15) is 0 Å². The van der Waals surface area contributed by atoms with Gasteiger partial charge in [0.2, 0.25) is 0 Å². The second kappa shape index (κ2) is 5.54. The van der Waals surface area contributed by atoms with Crippen molar-refractivity contribution in [1.82, 2.24) is 4.98 Å². The average Bonchev–Trinajstić information content (AvgIpc) is 2.83. The standard InChI is InChI=1S/C12H13ClN2O4/c1-6-4-5-14-10(13)9(6)15-11(16)7-2-3-8(19-7)12(17)18/h4-5,7-8H,2-3H2,1H3,(H,15,16)(H,17,18). The number of pyridine rings is 1. The lowest BCUT2D eigenvalue weighted by molar-refractivity contribution is -0.150. The number of nitrogens with zero attached hydrogens (tertiary/aromatic N) is 1. The smallest absolute Gasteiger partial charge is 0.332 e. The van der Waals surface area contributed by atoms with E-state index in [4.69, 9.17) is 21.4 Å². The predicted molar refractivity (Wildman–Crippen MR) is 68.1 cm³/mol. The van der Waals surface area contributed by atoms with Crippen molar-refractivity contribution in [2.75, 3.05) is 5.32 Å². The van der Waals surface area contributed by atoms with E-state index in [-0.39, 0.29) is 5.15 Å². The van der Waals surface area contributed by atoms with Crippen molar-refractivity contribution in [1.29, 1.82) is 0 Å². The molecule has 2 rings (SSSR count). The molecule has 2 unspecified atom stereocenters. The summed E-state index contributed by atoms with van der Waals surface area (Å²) in [7, 11) is 0. The first-order valence-electron chi connectivity index (χ1n) is 5.79. The molecule has 6 nitrogen and oxygen atoms in total. The summed E-state index contributed by atoms with van der Waals surface area (Å²) in [6.45, 7) is 1.79. The Morgan fingerprint density at radius 2 is 2.16 bits per heavy atom. The highest BCUT2D eigenvalue weighted by atomic mass is 35.5. The van der Waals surface area contributed by atoms with Crippen LogP contribution in [0.2, 0.25) is 5.15 Å². The Morgan fingerprint density at radius 3 is 2.74 bits per heavy atom. The molecule has 1 amide bonds. The van der Waals surface area contributed by atoms with Crippen molar-refractivity contribution in [3.63, 3.8) is 0 Å². The second-order valence-corrected chi connectivity index (χ2v) is 4.67. The molecule has 1 aromatic heterocycles. The van der Waals surface area contributed by atoms with E-state index in [0.29, 0.717) is 18.5 Å². The third kappa shape index (κ3) is 3.02. The molecule has 1 aliphatic rings. The minimum absolute atomic E-state index is 0.195. The van der Waals surface area contributed by atoms with Gasteiger partial charge in [-0.05, 0) is 31.4 Å². The molecule has 1 aliphatic heterocycles. The molecule has 1 aromatic rings. The largest absolute Gasteiger partial charge is 0.479 e. The van der Waals surface area contributed by atoms with E-state index in [9.17, 15) is 9.59 Å². The molecule has 7 heteroatoms. The van der Waals surface area contributed by atoms with E-state index in [2.05, 4.69) is 10.3 Å². The van der Waals surface area contributed by atoms with Crippen molar-refractivity contribution in [3.8, 4) is 0 Å². The first-order valence-corrected chi connectivity index (χ1v) is 6.17. The Bertz CT molecular complexity index is 500. The lowest BCUT2D eigenvalue weighted by atomic mass is 10.2. The number of halogens is 1. The average molecular weight is 285 g/mol. The molecule has 0 aromatic carbocycles. The lowest BCUT2D eigenvalue weighted by Gasteiger charge is -2.13. The van der Waals surface area contributed by atoms with Gasteiger partial charge in [0.25, 0.3) is 5.91 Å². The number of carbonyl (C=O) groups excluding carboxylic acids is 1. The van der Waals surface area contributed by atoms with Gasteiger partial charge in [-0.3, -0.25) is 4.79 Å². The third-order valence-corrected chi connectivity index (χ3v) is 3.24. The highest BCUT2D eigenvalue weighted by Crippen LogP contribution is 2.25. The van der Waals surface area contributed by atoms with Crippen LogP contribution in [0.15, 0.2) is 12.3 Å². The molecule has 1 fully saturated rings. The number of carboxylic acids is 1. The highest BCUT2D eigenvalue weighted by Gasteiger charge is 2.35. The summed E-state index contributed by atoms with van der Waals surface area (Å²) in [5, 5.41) is 11.6. The van der Waals surface area contributed by atoms with Crippen LogP contribution >= 0.6 is 11.6 Å². The quantitative estimate of drug-likeness (QED) is 0.823. The first kappa shape index (κ1) is 13.8. The normalized spacial score (nSPS) is 22.2. The van der Waals surface area contributed by atoms with Gasteiger partial charge in [-0.25, -0.2) is 9.78 Å². The monoisotopic (exact) mass is 284 g/mol. The molecule has 19 heavy (non-hydrogen) atoms. The summed E-state index contributed by atoms with van der Waals surface area (Å²) in [4.78, 5) is 26.6. The van der Waals surface area contributed by atoms with Crippen LogP contribution in [0.4, 0.5) is 5.69 Å². The number of anilines is 1. The van der Waals surface area contributed by atoms with E-state index in [1.165, 1.54) is 0 Å². The van der Waals surface area contributed by atoms with Crippen LogP contribution in [-0.2, 0) is 14.3 Å². The lowest BCUT2D eigenvalue weighted by Crippen LogP contribution is -2.30. The van der Waals surface area contributed by atoms with Crippen LogP contribution in [0, 0.1) is 6.92 Å². The molecule has 0 spiro atoms. The van der Waals surface area contributed by atoms with Gasteiger partial charge in [0.05, 0.1) is 5.69 Å².